The van der Waals surface area contributed by atoms with Crippen molar-refractivity contribution in [3.05, 3.63) is 70.9 Å². The monoisotopic (exact) mass is 772 g/mol. The largest absolute Gasteiger partial charge is 0.453 e. The third-order valence-electron chi connectivity index (χ3n) is 10.1. The Kier molecular flexibility index (Phi) is 12.3. The SMILES string of the molecule is COC(=O)NC(C(=O)N1CCCC1c1ncc(-c2ccc(-c3ccc(-c4cnc(C5CCCN5C(=O)C(NC(=O)OC)C(C)C)s4)cc3)cc2)s1)C(C)C. The number of nitrogens with one attached hydrogen (secondary N) is 2. The average Bonchev–Trinajstić information content (AvgIpc) is 4.02. The van der Waals surface area contributed by atoms with Crippen molar-refractivity contribution in [2.45, 2.75) is 77.5 Å². The highest BCUT2D eigenvalue weighted by molar-refractivity contribution is 7.15. The van der Waals surface area contributed by atoms with E-state index in [4.69, 9.17) is 19.4 Å². The van der Waals surface area contributed by atoms with Crippen molar-refractivity contribution < 1.29 is 28.7 Å². The van der Waals surface area contributed by atoms with Crippen molar-refractivity contribution in [2.75, 3.05) is 27.3 Å². The summed E-state index contributed by atoms with van der Waals surface area (Å²) in [5, 5.41) is 7.20. The van der Waals surface area contributed by atoms with Gasteiger partial charge in [-0.3, -0.25) is 9.59 Å². The van der Waals surface area contributed by atoms with E-state index in [2.05, 4.69) is 59.2 Å². The summed E-state index contributed by atoms with van der Waals surface area (Å²) in [4.78, 5) is 66.2. The third-order valence-corrected chi connectivity index (χ3v) is 12.4. The summed E-state index contributed by atoms with van der Waals surface area (Å²) in [6.07, 6.45) is 5.94. The number of nitrogens with zero attached hydrogens (tertiary/aromatic N) is 4. The molecule has 14 heteroatoms. The van der Waals surface area contributed by atoms with Gasteiger partial charge in [-0.2, -0.15) is 0 Å². The summed E-state index contributed by atoms with van der Waals surface area (Å²) in [5.41, 5.74) is 4.29. The topological polar surface area (TPSA) is 143 Å². The summed E-state index contributed by atoms with van der Waals surface area (Å²) in [5.74, 6) is -0.400. The van der Waals surface area contributed by atoms with E-state index in [9.17, 15) is 19.2 Å². The molecule has 0 bridgehead atoms. The van der Waals surface area contributed by atoms with Gasteiger partial charge in [-0.15, -0.1) is 22.7 Å². The quantitative estimate of drug-likeness (QED) is 0.158. The van der Waals surface area contributed by atoms with E-state index >= 15 is 0 Å². The van der Waals surface area contributed by atoms with Gasteiger partial charge in [0.05, 0.1) is 36.1 Å². The van der Waals surface area contributed by atoms with Crippen molar-refractivity contribution in [3.8, 4) is 32.0 Å². The summed E-state index contributed by atoms with van der Waals surface area (Å²) >= 11 is 3.19. The molecule has 6 rings (SSSR count). The maximum absolute atomic E-state index is 13.5. The highest BCUT2D eigenvalue weighted by Crippen LogP contribution is 2.40. The normalized spacial score (nSPS) is 18.1. The van der Waals surface area contributed by atoms with E-state index in [-0.39, 0.29) is 35.7 Å². The van der Waals surface area contributed by atoms with Gasteiger partial charge in [0, 0.05) is 25.5 Å². The van der Waals surface area contributed by atoms with Crippen LogP contribution in [0.1, 0.15) is 75.5 Å². The smallest absolute Gasteiger partial charge is 0.407 e. The number of thiazole rings is 2. The molecule has 0 spiro atoms. The Morgan fingerprint density at radius 2 is 0.981 bits per heavy atom. The number of hydrogen-bond acceptors (Lipinski definition) is 10. The molecule has 4 atom stereocenters. The highest BCUT2D eigenvalue weighted by atomic mass is 32.1. The summed E-state index contributed by atoms with van der Waals surface area (Å²) in [7, 11) is 2.59. The minimum absolute atomic E-state index is 0.0885. The number of carbonyl (C=O) groups is 4. The fraction of sp³-hybridized carbons (Fsp3) is 0.450. The van der Waals surface area contributed by atoms with Crippen LogP contribution in [0.3, 0.4) is 0 Å². The molecule has 0 saturated carbocycles. The molecular weight excluding hydrogens is 725 g/mol. The lowest BCUT2D eigenvalue weighted by atomic mass is 10.0. The molecule has 4 unspecified atom stereocenters. The maximum Gasteiger partial charge on any atom is 0.407 e. The second-order valence-corrected chi connectivity index (χ2v) is 16.5. The van der Waals surface area contributed by atoms with E-state index in [0.29, 0.717) is 13.1 Å². The van der Waals surface area contributed by atoms with Crippen molar-refractivity contribution in [1.82, 2.24) is 30.4 Å². The van der Waals surface area contributed by atoms with Crippen LogP contribution in [0.2, 0.25) is 0 Å². The predicted molar refractivity (Wildman–Crippen MR) is 210 cm³/mol. The van der Waals surface area contributed by atoms with Crippen molar-refractivity contribution in [3.63, 3.8) is 0 Å². The van der Waals surface area contributed by atoms with E-state index in [1.807, 2.05) is 49.9 Å². The molecular formula is C40H48N6O6S2. The van der Waals surface area contributed by atoms with Crippen molar-refractivity contribution in [1.29, 1.82) is 0 Å². The number of methoxy groups -OCH3 is 2. The lowest BCUT2D eigenvalue weighted by molar-refractivity contribution is -0.136. The summed E-state index contributed by atoms with van der Waals surface area (Å²) in [6, 6.07) is 15.2. The number of carbonyl (C=O) groups excluding carboxylic acids is 4. The van der Waals surface area contributed by atoms with Gasteiger partial charge >= 0.3 is 12.2 Å². The molecule has 0 radical (unpaired) electrons. The van der Waals surface area contributed by atoms with E-state index in [0.717, 1.165) is 67.7 Å². The lowest BCUT2D eigenvalue weighted by Gasteiger charge is -2.29. The Labute approximate surface area is 324 Å². The zero-order chi connectivity index (χ0) is 38.5. The van der Waals surface area contributed by atoms with Crippen LogP contribution >= 0.6 is 22.7 Å². The zero-order valence-corrected chi connectivity index (χ0v) is 33.2. The molecule has 4 amide bonds. The number of likely N-dealkylation sites (tertiary alicyclic amines) is 2. The summed E-state index contributed by atoms with van der Waals surface area (Å²) < 4.78 is 9.52. The van der Waals surface area contributed by atoms with Crippen molar-refractivity contribution in [2.24, 2.45) is 11.8 Å². The molecule has 12 nitrogen and oxygen atoms in total. The molecule has 2 aliphatic heterocycles. The van der Waals surface area contributed by atoms with Gasteiger partial charge in [-0.05, 0) is 59.8 Å². The van der Waals surface area contributed by atoms with Crippen LogP contribution in [0.15, 0.2) is 60.9 Å². The van der Waals surface area contributed by atoms with Crippen LogP contribution in [0.25, 0.3) is 32.0 Å². The predicted octanol–water partition coefficient (Wildman–Crippen LogP) is 7.69. The minimum atomic E-state index is -0.666. The first kappa shape index (κ1) is 38.9. The van der Waals surface area contributed by atoms with Crippen LogP contribution in [-0.2, 0) is 19.1 Å². The molecule has 54 heavy (non-hydrogen) atoms. The molecule has 4 heterocycles. The Hall–Kier alpha value is -4.82. The first-order chi connectivity index (χ1) is 26.0. The third kappa shape index (κ3) is 8.44. The molecule has 2 aliphatic rings. The Morgan fingerprint density at radius 3 is 1.31 bits per heavy atom. The molecule has 2 N–H and O–H groups in total. The number of ether oxygens (including phenoxy) is 2. The molecule has 2 aromatic heterocycles. The number of amides is 4. The first-order valence-corrected chi connectivity index (χ1v) is 20.0. The molecule has 2 fully saturated rings. The number of benzene rings is 2. The standard InChI is InChI=1S/C40H48N6O6S2/c1-23(2)33(43-39(49)51-5)37(47)45-19-7-9-29(45)35-41-21-31(53-35)27-15-11-25(12-16-27)26-13-17-28(18-14-26)32-22-42-36(54-32)30-10-8-20-46(30)38(48)34(24(3)4)44-40(50)52-6/h11-18,21-24,29-30,33-34H,7-10,19-20H2,1-6H3,(H,43,49)(H,44,50). The highest BCUT2D eigenvalue weighted by Gasteiger charge is 2.39. The van der Waals surface area contributed by atoms with E-state index < -0.39 is 24.3 Å². The van der Waals surface area contributed by atoms with Crippen LogP contribution in [0.4, 0.5) is 9.59 Å². The zero-order valence-electron chi connectivity index (χ0n) is 31.5. The number of alkyl carbamates (subject to hydrolysis) is 2. The van der Waals surface area contributed by atoms with Gasteiger partial charge in [0.25, 0.3) is 0 Å². The second-order valence-electron chi connectivity index (χ2n) is 14.4. The first-order valence-electron chi connectivity index (χ1n) is 18.4. The second kappa shape index (κ2) is 17.1. The Morgan fingerprint density at radius 1 is 0.630 bits per heavy atom. The van der Waals surface area contributed by atoms with Gasteiger partial charge in [-0.1, -0.05) is 76.2 Å². The van der Waals surface area contributed by atoms with Gasteiger partial charge < -0.3 is 29.9 Å². The van der Waals surface area contributed by atoms with Crippen LogP contribution < -0.4 is 10.6 Å². The molecule has 0 aliphatic carbocycles. The van der Waals surface area contributed by atoms with Gasteiger partial charge in [0.1, 0.15) is 22.1 Å². The molecule has 2 aromatic carbocycles. The molecule has 4 aromatic rings. The molecule has 286 valence electrons. The summed E-state index contributed by atoms with van der Waals surface area (Å²) in [6.45, 7) is 8.89. The van der Waals surface area contributed by atoms with Gasteiger partial charge in [0.15, 0.2) is 0 Å². The van der Waals surface area contributed by atoms with E-state index in [1.54, 1.807) is 22.7 Å². The minimum Gasteiger partial charge on any atom is -0.453 e. The van der Waals surface area contributed by atoms with Crippen LogP contribution in [0.5, 0.6) is 0 Å². The Bertz CT molecular complexity index is 1800. The van der Waals surface area contributed by atoms with E-state index in [1.165, 1.54) is 14.2 Å². The number of rotatable bonds is 11. The lowest BCUT2D eigenvalue weighted by Crippen LogP contribution is -2.51. The fourth-order valence-electron chi connectivity index (χ4n) is 7.13. The van der Waals surface area contributed by atoms with Crippen LogP contribution in [-0.4, -0.2) is 83.2 Å². The maximum atomic E-state index is 13.5. The van der Waals surface area contributed by atoms with Gasteiger partial charge in [-0.25, -0.2) is 19.6 Å². The number of aromatic nitrogens is 2. The fourth-order valence-corrected chi connectivity index (χ4v) is 9.28. The average molecular weight is 773 g/mol. The van der Waals surface area contributed by atoms with Crippen molar-refractivity contribution >= 4 is 46.7 Å². The Balaban J connectivity index is 1.11. The molecule has 2 saturated heterocycles. The van der Waals surface area contributed by atoms with Crippen LogP contribution in [0, 0.1) is 11.8 Å². The number of hydrogen-bond donors (Lipinski definition) is 2. The van der Waals surface area contributed by atoms with Gasteiger partial charge in [0.2, 0.25) is 11.8 Å².